The van der Waals surface area contributed by atoms with E-state index >= 15 is 0 Å². The second-order valence-corrected chi connectivity index (χ2v) is 3.49. The van der Waals surface area contributed by atoms with E-state index in [0.29, 0.717) is 0 Å². The van der Waals surface area contributed by atoms with Gasteiger partial charge in [-0.1, -0.05) is 31.2 Å². The molecule has 0 atom stereocenters. The summed E-state index contributed by atoms with van der Waals surface area (Å²) >= 11 is 0. The Labute approximate surface area is 93.7 Å². The van der Waals surface area contributed by atoms with Crippen LogP contribution in [0, 0.1) is 0 Å². The molecule has 84 valence electrons. The van der Waals surface area contributed by atoms with Gasteiger partial charge in [-0.15, -0.1) is 0 Å². The Hall–Kier alpha value is -1.81. The third kappa shape index (κ3) is 1.79. The van der Waals surface area contributed by atoms with Crippen LogP contribution in [-0.4, -0.2) is 10.1 Å². The number of nitrogen functional groups attached to an aromatic ring is 1. The van der Waals surface area contributed by atoms with Gasteiger partial charge in [-0.05, 0) is 5.56 Å². The molecule has 0 fully saturated rings. The molecule has 0 aliphatic carbocycles. The smallest absolute Gasteiger partial charge is 0.292 e. The summed E-state index contributed by atoms with van der Waals surface area (Å²) in [5.74, 6) is 0.749. The zero-order valence-corrected chi connectivity index (χ0v) is 9.10. The minimum Gasteiger partial charge on any atom is -0.428 e. The number of aliphatic hydroxyl groups is 1. The first-order valence-electron chi connectivity index (χ1n) is 5.20. The summed E-state index contributed by atoms with van der Waals surface area (Å²) < 4.78 is 5.30. The number of oxazole rings is 1. The molecular formula is C12H14N2O2. The summed E-state index contributed by atoms with van der Waals surface area (Å²) in [6, 6.07) is 7.71. The largest absolute Gasteiger partial charge is 0.428 e. The van der Waals surface area contributed by atoms with Gasteiger partial charge in [-0.2, -0.15) is 4.98 Å². The van der Waals surface area contributed by atoms with Crippen LogP contribution in [0.2, 0.25) is 0 Å². The Bertz CT molecular complexity index is 492. The van der Waals surface area contributed by atoms with Crippen molar-refractivity contribution in [3.8, 4) is 11.3 Å². The third-order valence-corrected chi connectivity index (χ3v) is 2.48. The number of hydrogen-bond acceptors (Lipinski definition) is 4. The molecule has 1 heterocycles. The Morgan fingerprint density at radius 3 is 2.81 bits per heavy atom. The van der Waals surface area contributed by atoms with Gasteiger partial charge < -0.3 is 15.3 Å². The maximum Gasteiger partial charge on any atom is 0.292 e. The van der Waals surface area contributed by atoms with Gasteiger partial charge in [0.05, 0.1) is 6.61 Å². The fourth-order valence-electron chi connectivity index (χ4n) is 1.71. The van der Waals surface area contributed by atoms with Gasteiger partial charge in [0.2, 0.25) is 0 Å². The van der Waals surface area contributed by atoms with Gasteiger partial charge in [-0.3, -0.25) is 0 Å². The molecule has 4 heteroatoms. The van der Waals surface area contributed by atoms with Crippen molar-refractivity contribution >= 4 is 6.01 Å². The van der Waals surface area contributed by atoms with E-state index in [2.05, 4.69) is 4.98 Å². The topological polar surface area (TPSA) is 72.3 Å². The van der Waals surface area contributed by atoms with Crippen molar-refractivity contribution in [1.82, 2.24) is 4.98 Å². The maximum absolute atomic E-state index is 9.26. The molecule has 0 aliphatic heterocycles. The number of anilines is 1. The molecule has 4 nitrogen and oxygen atoms in total. The number of benzene rings is 1. The fraction of sp³-hybridized carbons (Fsp3) is 0.250. The van der Waals surface area contributed by atoms with Crippen molar-refractivity contribution in [3.63, 3.8) is 0 Å². The van der Waals surface area contributed by atoms with Crippen molar-refractivity contribution in [2.24, 2.45) is 0 Å². The fourth-order valence-corrected chi connectivity index (χ4v) is 1.71. The molecule has 2 aromatic rings. The van der Waals surface area contributed by atoms with Crippen LogP contribution >= 0.6 is 0 Å². The van der Waals surface area contributed by atoms with Crippen LogP contribution in [0.1, 0.15) is 18.2 Å². The molecule has 0 unspecified atom stereocenters. The number of nitrogens with zero attached hydrogens (tertiary/aromatic N) is 1. The molecule has 16 heavy (non-hydrogen) atoms. The van der Waals surface area contributed by atoms with Crippen molar-refractivity contribution in [2.75, 3.05) is 5.73 Å². The SMILES string of the molecule is CCc1oc(N)nc1-c1ccccc1CO. The monoisotopic (exact) mass is 218 g/mol. The van der Waals surface area contributed by atoms with Crippen LogP contribution in [0.15, 0.2) is 28.7 Å². The first-order chi connectivity index (χ1) is 7.76. The number of nitrogens with two attached hydrogens (primary N) is 1. The second kappa shape index (κ2) is 4.37. The van der Waals surface area contributed by atoms with Gasteiger partial charge in [0.1, 0.15) is 11.5 Å². The highest BCUT2D eigenvalue weighted by Gasteiger charge is 2.14. The summed E-state index contributed by atoms with van der Waals surface area (Å²) in [7, 11) is 0. The molecule has 0 radical (unpaired) electrons. The van der Waals surface area contributed by atoms with Crippen LogP contribution < -0.4 is 5.73 Å². The van der Waals surface area contributed by atoms with E-state index in [-0.39, 0.29) is 12.6 Å². The lowest BCUT2D eigenvalue weighted by Gasteiger charge is -2.04. The predicted molar refractivity (Wildman–Crippen MR) is 61.7 cm³/mol. The number of aromatic nitrogens is 1. The van der Waals surface area contributed by atoms with Crippen molar-refractivity contribution < 1.29 is 9.52 Å². The highest BCUT2D eigenvalue weighted by molar-refractivity contribution is 5.66. The Morgan fingerprint density at radius 1 is 1.38 bits per heavy atom. The standard InChI is InChI=1S/C12H14N2O2/c1-2-10-11(14-12(13)16-10)9-6-4-3-5-8(9)7-15/h3-6,15H,2,7H2,1H3,(H2,13,14). The Kier molecular flexibility index (Phi) is 2.92. The minimum atomic E-state index is -0.0217. The zero-order valence-electron chi connectivity index (χ0n) is 9.10. The summed E-state index contributed by atoms with van der Waals surface area (Å²) in [5, 5.41) is 9.26. The molecule has 0 spiro atoms. The lowest BCUT2D eigenvalue weighted by Crippen LogP contribution is -1.92. The van der Waals surface area contributed by atoms with E-state index in [4.69, 9.17) is 10.2 Å². The molecule has 3 N–H and O–H groups in total. The molecule has 0 saturated heterocycles. The first-order valence-corrected chi connectivity index (χ1v) is 5.20. The van der Waals surface area contributed by atoms with E-state index in [1.807, 2.05) is 31.2 Å². The van der Waals surface area contributed by atoms with E-state index in [9.17, 15) is 5.11 Å². The lowest BCUT2D eigenvalue weighted by molar-refractivity contribution is 0.282. The van der Waals surface area contributed by atoms with Gasteiger partial charge in [0.15, 0.2) is 0 Å². The molecule has 0 amide bonds. The molecule has 1 aromatic carbocycles. The molecule has 2 rings (SSSR count). The zero-order chi connectivity index (χ0) is 11.5. The molecular weight excluding hydrogens is 204 g/mol. The van der Waals surface area contributed by atoms with Crippen LogP contribution in [-0.2, 0) is 13.0 Å². The molecule has 0 aliphatic rings. The van der Waals surface area contributed by atoms with Crippen molar-refractivity contribution in [2.45, 2.75) is 20.0 Å². The lowest BCUT2D eigenvalue weighted by atomic mass is 10.0. The number of aryl methyl sites for hydroxylation is 1. The second-order valence-electron chi connectivity index (χ2n) is 3.49. The van der Waals surface area contributed by atoms with Gasteiger partial charge in [0, 0.05) is 12.0 Å². The quantitative estimate of drug-likeness (QED) is 0.826. The molecule has 0 saturated carbocycles. The van der Waals surface area contributed by atoms with E-state index in [1.165, 1.54) is 0 Å². The van der Waals surface area contributed by atoms with Gasteiger partial charge >= 0.3 is 0 Å². The molecule has 0 bridgehead atoms. The first kappa shape index (κ1) is 10.7. The predicted octanol–water partition coefficient (Wildman–Crippen LogP) is 1.98. The average molecular weight is 218 g/mol. The summed E-state index contributed by atoms with van der Waals surface area (Å²) in [6.45, 7) is 1.96. The number of aliphatic hydroxyl groups excluding tert-OH is 1. The minimum absolute atomic E-state index is 0.0217. The van der Waals surface area contributed by atoms with Crippen molar-refractivity contribution in [1.29, 1.82) is 0 Å². The van der Waals surface area contributed by atoms with Crippen LogP contribution in [0.3, 0.4) is 0 Å². The third-order valence-electron chi connectivity index (χ3n) is 2.48. The summed E-state index contributed by atoms with van der Waals surface area (Å²) in [5.41, 5.74) is 7.97. The Balaban J connectivity index is 2.57. The van der Waals surface area contributed by atoms with E-state index < -0.39 is 0 Å². The van der Waals surface area contributed by atoms with E-state index in [0.717, 1.165) is 29.0 Å². The highest BCUT2D eigenvalue weighted by atomic mass is 16.4. The van der Waals surface area contributed by atoms with Gasteiger partial charge in [-0.25, -0.2) is 0 Å². The van der Waals surface area contributed by atoms with Crippen LogP contribution in [0.25, 0.3) is 11.3 Å². The molecule has 1 aromatic heterocycles. The van der Waals surface area contributed by atoms with Crippen molar-refractivity contribution in [3.05, 3.63) is 35.6 Å². The summed E-state index contributed by atoms with van der Waals surface area (Å²) in [4.78, 5) is 4.16. The number of hydrogen-bond donors (Lipinski definition) is 2. The average Bonchev–Trinajstić information content (AvgIpc) is 2.70. The summed E-state index contributed by atoms with van der Waals surface area (Å²) in [6.07, 6.45) is 0.722. The van der Waals surface area contributed by atoms with Crippen LogP contribution in [0.5, 0.6) is 0 Å². The van der Waals surface area contributed by atoms with E-state index in [1.54, 1.807) is 0 Å². The van der Waals surface area contributed by atoms with Gasteiger partial charge in [0.25, 0.3) is 6.01 Å². The highest BCUT2D eigenvalue weighted by Crippen LogP contribution is 2.28. The Morgan fingerprint density at radius 2 is 2.12 bits per heavy atom. The normalized spacial score (nSPS) is 10.6. The maximum atomic E-state index is 9.26. The number of rotatable bonds is 3. The van der Waals surface area contributed by atoms with Crippen LogP contribution in [0.4, 0.5) is 6.01 Å².